The van der Waals surface area contributed by atoms with Gasteiger partial charge in [-0.3, -0.25) is 0 Å². The molecule has 0 bridgehead atoms. The Hall–Kier alpha value is -4.46. The second-order valence-corrected chi connectivity index (χ2v) is 20.9. The predicted octanol–water partition coefficient (Wildman–Crippen LogP) is 9.43. The van der Waals surface area contributed by atoms with Crippen molar-refractivity contribution in [1.82, 2.24) is 0 Å². The third kappa shape index (κ3) is 3.14. The molecule has 3 aliphatic heterocycles. The fourth-order valence-corrected chi connectivity index (χ4v) is 17.6. The second-order valence-electron chi connectivity index (χ2n) is 15.2. The first-order valence-electron chi connectivity index (χ1n) is 16.9. The Morgan fingerprint density at radius 2 is 1.00 bits per heavy atom. The molecule has 0 fully saturated rings. The first kappa shape index (κ1) is 27.5. The van der Waals surface area contributed by atoms with E-state index in [2.05, 4.69) is 144 Å². The summed E-state index contributed by atoms with van der Waals surface area (Å²) in [5, 5.41) is 0. The topological polar surface area (TPSA) is 21.7 Å². The van der Waals surface area contributed by atoms with E-state index in [4.69, 9.17) is 9.47 Å². The summed E-state index contributed by atoms with van der Waals surface area (Å²) >= 11 is -2.75. The van der Waals surface area contributed by atoms with Crippen LogP contribution >= 0.6 is 0 Å². The van der Waals surface area contributed by atoms with Crippen molar-refractivity contribution < 1.29 is 9.47 Å². The SMILES string of the molecule is Cc1ccc(N2c3cc4c(c5[c]3[Sb]3[c]6c(cc(C)cc6Oc6[c]3c2cc2c6C(C)(C)c3ccccc3-2)O5)C(C)(C)c2ccccc2-4)cc1. The van der Waals surface area contributed by atoms with Crippen LogP contribution in [0.25, 0.3) is 22.3 Å². The zero-order valence-corrected chi connectivity index (χ0v) is 30.5. The molecule has 5 aliphatic rings. The van der Waals surface area contributed by atoms with Crippen molar-refractivity contribution in [3.63, 3.8) is 0 Å². The molecule has 0 saturated carbocycles. The molecule has 48 heavy (non-hydrogen) atoms. The van der Waals surface area contributed by atoms with Gasteiger partial charge in [0, 0.05) is 0 Å². The van der Waals surface area contributed by atoms with Crippen molar-refractivity contribution in [2.24, 2.45) is 0 Å². The van der Waals surface area contributed by atoms with E-state index in [0.29, 0.717) is 0 Å². The van der Waals surface area contributed by atoms with Crippen LogP contribution in [0.5, 0.6) is 23.0 Å². The van der Waals surface area contributed by atoms with E-state index in [-0.39, 0.29) is 10.8 Å². The van der Waals surface area contributed by atoms with Crippen molar-refractivity contribution in [2.45, 2.75) is 52.4 Å². The maximum absolute atomic E-state index is 7.27. The van der Waals surface area contributed by atoms with Crippen LogP contribution in [0, 0.1) is 13.8 Å². The van der Waals surface area contributed by atoms with Crippen LogP contribution in [0.3, 0.4) is 0 Å². The van der Waals surface area contributed by atoms with Gasteiger partial charge in [0.25, 0.3) is 0 Å². The Kier molecular flexibility index (Phi) is 5.02. The molecule has 3 heterocycles. The zero-order valence-electron chi connectivity index (χ0n) is 27.9. The Morgan fingerprint density at radius 1 is 0.521 bits per heavy atom. The number of hydrogen-bond acceptors (Lipinski definition) is 3. The minimum absolute atomic E-state index is 0.188. The summed E-state index contributed by atoms with van der Waals surface area (Å²) in [6.45, 7) is 13.9. The Morgan fingerprint density at radius 3 is 1.50 bits per heavy atom. The van der Waals surface area contributed by atoms with E-state index in [1.165, 1.54) is 83.2 Å². The number of nitrogens with zero attached hydrogens (tertiary/aromatic N) is 1. The molecule has 6 aromatic rings. The fraction of sp³-hybridized carbons (Fsp3) is 0.182. The summed E-state index contributed by atoms with van der Waals surface area (Å²) in [5.41, 5.74) is 16.4. The van der Waals surface area contributed by atoms with E-state index < -0.39 is 20.2 Å². The molecule has 4 heteroatoms. The van der Waals surface area contributed by atoms with Crippen molar-refractivity contribution in [3.05, 3.63) is 130 Å². The van der Waals surface area contributed by atoms with Gasteiger partial charge in [0.15, 0.2) is 0 Å². The average Bonchev–Trinajstić information content (AvgIpc) is 3.44. The van der Waals surface area contributed by atoms with Gasteiger partial charge in [0.1, 0.15) is 0 Å². The normalized spacial score (nSPS) is 17.1. The molecule has 0 N–H and O–H groups in total. The van der Waals surface area contributed by atoms with Crippen LogP contribution < -0.4 is 24.9 Å². The molecule has 11 rings (SSSR count). The summed E-state index contributed by atoms with van der Waals surface area (Å²) in [5.74, 6) is 4.17. The van der Waals surface area contributed by atoms with Crippen LogP contribution in [0.1, 0.15) is 61.1 Å². The van der Waals surface area contributed by atoms with Gasteiger partial charge in [-0.05, 0) is 0 Å². The number of rotatable bonds is 1. The molecule has 0 saturated heterocycles. The number of aryl methyl sites for hydroxylation is 2. The number of benzene rings is 6. The van der Waals surface area contributed by atoms with E-state index >= 15 is 0 Å². The van der Waals surface area contributed by atoms with Gasteiger partial charge in [0.2, 0.25) is 0 Å². The van der Waals surface area contributed by atoms with Gasteiger partial charge in [-0.2, -0.15) is 0 Å². The van der Waals surface area contributed by atoms with E-state index in [1.54, 1.807) is 0 Å². The molecule has 232 valence electrons. The van der Waals surface area contributed by atoms with Gasteiger partial charge in [0.05, 0.1) is 0 Å². The quantitative estimate of drug-likeness (QED) is 0.157. The molecule has 0 spiro atoms. The van der Waals surface area contributed by atoms with Gasteiger partial charge in [-0.25, -0.2) is 0 Å². The first-order valence-corrected chi connectivity index (χ1v) is 20.8. The molecule has 0 atom stereocenters. The minimum atomic E-state index is -2.75. The van der Waals surface area contributed by atoms with Gasteiger partial charge >= 0.3 is 290 Å². The Labute approximate surface area is 288 Å². The summed E-state index contributed by atoms with van der Waals surface area (Å²) in [6.07, 6.45) is 0. The van der Waals surface area contributed by atoms with E-state index in [9.17, 15) is 0 Å². The maximum atomic E-state index is 7.27. The molecule has 2 aliphatic carbocycles. The Balaban J connectivity index is 1.33. The summed E-state index contributed by atoms with van der Waals surface area (Å²) in [6, 6.07) is 36.5. The Bertz CT molecular complexity index is 2340. The third-order valence-electron chi connectivity index (χ3n) is 11.6. The van der Waals surface area contributed by atoms with Crippen LogP contribution in [-0.4, -0.2) is 20.2 Å². The third-order valence-corrected chi connectivity index (χ3v) is 19.1. The van der Waals surface area contributed by atoms with E-state index in [0.717, 1.165) is 23.0 Å². The first-order chi connectivity index (χ1) is 23.1. The van der Waals surface area contributed by atoms with Gasteiger partial charge in [-0.15, -0.1) is 0 Å². The summed E-state index contributed by atoms with van der Waals surface area (Å²) in [7, 11) is 0. The number of fused-ring (bicyclic) bond motifs is 8. The molecule has 0 unspecified atom stereocenters. The summed E-state index contributed by atoms with van der Waals surface area (Å²) in [4.78, 5) is 2.54. The number of ether oxygens (including phenoxy) is 2. The van der Waals surface area contributed by atoms with Crippen molar-refractivity contribution in [3.8, 4) is 45.3 Å². The van der Waals surface area contributed by atoms with Gasteiger partial charge < -0.3 is 0 Å². The van der Waals surface area contributed by atoms with E-state index in [1.807, 2.05) is 0 Å². The van der Waals surface area contributed by atoms with Crippen LogP contribution in [0.2, 0.25) is 0 Å². The van der Waals surface area contributed by atoms with Crippen LogP contribution in [-0.2, 0) is 10.8 Å². The standard InChI is InChI=1S/C44H34NO2.Sb/c1-26-15-17-28(18-16-26)45-29-21-35-33-11-7-9-13-37(33)43(3,4)41(35)39(23-29)46-31-19-27(2)20-32(25-31)47-40-24-30(45)22-36-34-12-8-10-14-38(34)44(5,6)42(36)40;/h7-22H,1-6H3;. The summed E-state index contributed by atoms with van der Waals surface area (Å²) < 4.78 is 18.7. The van der Waals surface area contributed by atoms with Crippen molar-refractivity contribution >= 4 is 47.8 Å². The predicted molar refractivity (Wildman–Crippen MR) is 197 cm³/mol. The fourth-order valence-electron chi connectivity index (χ4n) is 9.45. The van der Waals surface area contributed by atoms with Crippen LogP contribution in [0.4, 0.5) is 17.1 Å². The number of hydrogen-bond donors (Lipinski definition) is 0. The second kappa shape index (κ2) is 8.76. The van der Waals surface area contributed by atoms with Gasteiger partial charge in [-0.1, -0.05) is 0 Å². The molecule has 0 amide bonds. The molecule has 0 radical (unpaired) electrons. The molecule has 0 aromatic heterocycles. The zero-order chi connectivity index (χ0) is 32.4. The average molecular weight is 731 g/mol. The van der Waals surface area contributed by atoms with Crippen molar-refractivity contribution in [2.75, 3.05) is 4.90 Å². The monoisotopic (exact) mass is 729 g/mol. The molecular weight excluding hydrogens is 696 g/mol. The molecule has 3 nitrogen and oxygen atoms in total. The van der Waals surface area contributed by atoms with Crippen molar-refractivity contribution in [1.29, 1.82) is 0 Å². The van der Waals surface area contributed by atoms with Crippen LogP contribution in [0.15, 0.2) is 97.1 Å². The molecule has 6 aromatic carbocycles. The molecular formula is C44H34NO2Sb. The number of anilines is 3.